The quantitative estimate of drug-likeness (QED) is 0.796. The van der Waals surface area contributed by atoms with Crippen LogP contribution in [0.2, 0.25) is 5.02 Å². The Bertz CT molecular complexity index is 874. The summed E-state index contributed by atoms with van der Waals surface area (Å²) in [7, 11) is 1.58. The Balaban J connectivity index is 2.10. The summed E-state index contributed by atoms with van der Waals surface area (Å²) in [5.74, 6) is 1.00. The Morgan fingerprint density at radius 3 is 2.65 bits per heavy atom. The molecule has 1 atom stereocenters. The van der Waals surface area contributed by atoms with Gasteiger partial charge in [-0.2, -0.15) is 0 Å². The number of hydrogen-bond donors (Lipinski definition) is 1. The third kappa shape index (κ3) is 2.82. The number of aliphatic carboxylic acids is 1. The van der Waals surface area contributed by atoms with Gasteiger partial charge in [0, 0.05) is 16.0 Å². The molecule has 3 rings (SSSR count). The molecule has 138 valence electrons. The molecule has 1 aromatic carbocycles. The van der Waals surface area contributed by atoms with Crippen LogP contribution in [-0.2, 0) is 16.0 Å². The molecule has 0 radical (unpaired) electrons. The minimum atomic E-state index is -0.934. The Morgan fingerprint density at radius 1 is 1.35 bits per heavy atom. The largest absolute Gasteiger partial charge is 0.500 e. The lowest BCUT2D eigenvalue weighted by atomic mass is 9.65. The van der Waals surface area contributed by atoms with Gasteiger partial charge < -0.3 is 14.6 Å². The van der Waals surface area contributed by atoms with Crippen LogP contribution in [0.1, 0.15) is 33.3 Å². The molecule has 5 heteroatoms. The van der Waals surface area contributed by atoms with E-state index in [-0.39, 0.29) is 5.92 Å². The lowest BCUT2D eigenvalue weighted by molar-refractivity contribution is -0.132. The molecule has 1 N–H and O–H groups in total. The Morgan fingerprint density at radius 2 is 2.04 bits per heavy atom. The standard InChI is InChI=1S/C21H23ClO4/c1-11-17(20(23)24)12(2)21(3,4)18(19(11)25-5)15-9-7-13-6-8-14(22)10-16(13)26-15/h6,8-10,18H,7H2,1-5H3,(H,23,24). The van der Waals surface area contributed by atoms with Gasteiger partial charge in [0.2, 0.25) is 0 Å². The van der Waals surface area contributed by atoms with E-state index in [1.807, 2.05) is 45.0 Å². The molecule has 1 aromatic rings. The number of carboxylic acids is 1. The molecular weight excluding hydrogens is 352 g/mol. The number of allylic oxidation sites excluding steroid dienone is 2. The van der Waals surface area contributed by atoms with Crippen molar-refractivity contribution in [1.82, 2.24) is 0 Å². The highest BCUT2D eigenvalue weighted by molar-refractivity contribution is 6.30. The van der Waals surface area contributed by atoms with E-state index in [0.717, 1.165) is 29.1 Å². The van der Waals surface area contributed by atoms with Gasteiger partial charge in [-0.25, -0.2) is 4.79 Å². The zero-order chi connectivity index (χ0) is 19.2. The fourth-order valence-electron chi connectivity index (χ4n) is 3.91. The van der Waals surface area contributed by atoms with Crippen LogP contribution in [0.4, 0.5) is 0 Å². The van der Waals surface area contributed by atoms with Crippen LogP contribution < -0.4 is 4.74 Å². The molecule has 0 saturated carbocycles. The van der Waals surface area contributed by atoms with E-state index in [9.17, 15) is 9.90 Å². The second kappa shape index (κ2) is 6.51. The summed E-state index contributed by atoms with van der Waals surface area (Å²) in [6.07, 6.45) is 2.78. The molecule has 0 aromatic heterocycles. The highest BCUT2D eigenvalue weighted by atomic mass is 35.5. The molecule has 2 aliphatic rings. The van der Waals surface area contributed by atoms with Crippen molar-refractivity contribution < 1.29 is 19.4 Å². The molecule has 0 fully saturated rings. The summed E-state index contributed by atoms with van der Waals surface area (Å²) in [6, 6.07) is 5.63. The van der Waals surface area contributed by atoms with Crippen molar-refractivity contribution in [2.45, 2.75) is 34.1 Å². The summed E-state index contributed by atoms with van der Waals surface area (Å²) < 4.78 is 11.9. The second-order valence-corrected chi connectivity index (χ2v) is 7.75. The molecule has 0 amide bonds. The first kappa shape index (κ1) is 18.6. The first-order valence-corrected chi connectivity index (χ1v) is 8.92. The number of carbonyl (C=O) groups is 1. The fraction of sp³-hybridized carbons (Fsp3) is 0.381. The predicted molar refractivity (Wildman–Crippen MR) is 101 cm³/mol. The number of hydrogen-bond acceptors (Lipinski definition) is 3. The highest BCUT2D eigenvalue weighted by Crippen LogP contribution is 2.51. The van der Waals surface area contributed by atoms with E-state index in [2.05, 4.69) is 0 Å². The summed E-state index contributed by atoms with van der Waals surface area (Å²) in [5.41, 5.74) is 2.38. The molecule has 0 spiro atoms. The van der Waals surface area contributed by atoms with Gasteiger partial charge in [0.25, 0.3) is 0 Å². The maximum atomic E-state index is 11.8. The third-order valence-corrected chi connectivity index (χ3v) is 5.80. The van der Waals surface area contributed by atoms with E-state index in [1.54, 1.807) is 14.0 Å². The predicted octanol–water partition coefficient (Wildman–Crippen LogP) is 5.14. The molecule has 26 heavy (non-hydrogen) atoms. The molecule has 0 saturated heterocycles. The number of rotatable bonds is 3. The summed E-state index contributed by atoms with van der Waals surface area (Å²) in [4.78, 5) is 11.8. The number of methoxy groups -OCH3 is 1. The molecule has 1 aliphatic carbocycles. The highest BCUT2D eigenvalue weighted by Gasteiger charge is 2.46. The normalized spacial score (nSPS) is 21.8. The summed E-state index contributed by atoms with van der Waals surface area (Å²) in [6.45, 7) is 7.72. The summed E-state index contributed by atoms with van der Waals surface area (Å²) in [5, 5.41) is 10.3. The van der Waals surface area contributed by atoms with Gasteiger partial charge in [0.05, 0.1) is 18.6 Å². The van der Waals surface area contributed by atoms with Gasteiger partial charge in [-0.1, -0.05) is 37.1 Å². The number of benzene rings is 1. The Hall–Kier alpha value is -2.20. The van der Waals surface area contributed by atoms with Crippen molar-refractivity contribution in [3.63, 3.8) is 0 Å². The van der Waals surface area contributed by atoms with E-state index < -0.39 is 11.4 Å². The zero-order valence-electron chi connectivity index (χ0n) is 15.6. The van der Waals surface area contributed by atoms with Crippen molar-refractivity contribution >= 4 is 17.6 Å². The lowest BCUT2D eigenvalue weighted by Crippen LogP contribution is -2.37. The number of ether oxygens (including phenoxy) is 2. The molecule has 4 nitrogen and oxygen atoms in total. The van der Waals surface area contributed by atoms with E-state index in [1.165, 1.54) is 0 Å². The zero-order valence-corrected chi connectivity index (χ0v) is 16.4. The van der Waals surface area contributed by atoms with Crippen LogP contribution in [0.15, 0.2) is 52.5 Å². The van der Waals surface area contributed by atoms with Gasteiger partial charge in [-0.15, -0.1) is 0 Å². The maximum absolute atomic E-state index is 11.8. The van der Waals surface area contributed by atoms with Gasteiger partial charge >= 0.3 is 5.97 Å². The average molecular weight is 375 g/mol. The number of fused-ring (bicyclic) bond motifs is 1. The van der Waals surface area contributed by atoms with Crippen molar-refractivity contribution in [2.75, 3.05) is 7.11 Å². The lowest BCUT2D eigenvalue weighted by Gasteiger charge is -2.42. The minimum Gasteiger partial charge on any atom is -0.500 e. The van der Waals surface area contributed by atoms with Crippen molar-refractivity contribution in [3.8, 4) is 5.75 Å². The van der Waals surface area contributed by atoms with E-state index >= 15 is 0 Å². The van der Waals surface area contributed by atoms with Crippen molar-refractivity contribution in [3.05, 3.63) is 63.1 Å². The van der Waals surface area contributed by atoms with Crippen LogP contribution in [0.3, 0.4) is 0 Å². The molecule has 1 aliphatic heterocycles. The monoisotopic (exact) mass is 374 g/mol. The van der Waals surface area contributed by atoms with Crippen LogP contribution in [-0.4, -0.2) is 18.2 Å². The van der Waals surface area contributed by atoms with Crippen molar-refractivity contribution in [1.29, 1.82) is 0 Å². The van der Waals surface area contributed by atoms with Gasteiger partial charge in [0.1, 0.15) is 17.3 Å². The summed E-state index contributed by atoms with van der Waals surface area (Å²) >= 11 is 6.12. The topological polar surface area (TPSA) is 55.8 Å². The molecule has 1 heterocycles. The minimum absolute atomic E-state index is 0.206. The Labute approximate surface area is 158 Å². The molecule has 0 bridgehead atoms. The first-order valence-electron chi connectivity index (χ1n) is 8.54. The van der Waals surface area contributed by atoms with Crippen LogP contribution in [0.25, 0.3) is 0 Å². The van der Waals surface area contributed by atoms with Gasteiger partial charge in [-0.05, 0) is 44.0 Å². The van der Waals surface area contributed by atoms with E-state index in [4.69, 9.17) is 21.1 Å². The molecular formula is C21H23ClO4. The SMILES string of the molecule is COC1=C(C)C(C(=O)O)=C(C)C(C)(C)C1C1=CCc2ccc(Cl)cc2O1. The fourth-order valence-corrected chi connectivity index (χ4v) is 4.07. The first-order chi connectivity index (χ1) is 12.2. The van der Waals surface area contributed by atoms with Crippen LogP contribution in [0, 0.1) is 11.3 Å². The maximum Gasteiger partial charge on any atom is 0.336 e. The molecule has 1 unspecified atom stereocenters. The van der Waals surface area contributed by atoms with Crippen molar-refractivity contribution in [2.24, 2.45) is 11.3 Å². The van der Waals surface area contributed by atoms with E-state index in [0.29, 0.717) is 21.9 Å². The second-order valence-electron chi connectivity index (χ2n) is 7.32. The van der Waals surface area contributed by atoms with Gasteiger partial charge in [-0.3, -0.25) is 0 Å². The van der Waals surface area contributed by atoms with Crippen LogP contribution >= 0.6 is 11.6 Å². The average Bonchev–Trinajstić information content (AvgIpc) is 2.57. The smallest absolute Gasteiger partial charge is 0.336 e. The number of halogens is 1. The Kier molecular flexibility index (Phi) is 4.65. The van der Waals surface area contributed by atoms with Crippen LogP contribution in [0.5, 0.6) is 5.75 Å². The number of carboxylic acid groups (broad SMARTS) is 1. The third-order valence-electron chi connectivity index (χ3n) is 5.57. The van der Waals surface area contributed by atoms with Gasteiger partial charge in [0.15, 0.2) is 0 Å².